The minimum atomic E-state index is -4.64. The summed E-state index contributed by atoms with van der Waals surface area (Å²) in [5.74, 6) is -0.928. The Kier molecular flexibility index (Phi) is 5.17. The van der Waals surface area contributed by atoms with E-state index in [-0.39, 0.29) is 5.13 Å². The second kappa shape index (κ2) is 7.22. The van der Waals surface area contributed by atoms with Crippen LogP contribution in [0.4, 0.5) is 18.3 Å². The van der Waals surface area contributed by atoms with Gasteiger partial charge in [-0.15, -0.1) is 10.2 Å². The van der Waals surface area contributed by atoms with Crippen molar-refractivity contribution in [1.82, 2.24) is 10.2 Å². The molecule has 1 amide bonds. The zero-order valence-electron chi connectivity index (χ0n) is 12.6. The van der Waals surface area contributed by atoms with Gasteiger partial charge in [0.25, 0.3) is 5.91 Å². The lowest BCUT2D eigenvalue weighted by Gasteiger charge is -2.11. The third kappa shape index (κ3) is 3.98. The molecule has 4 nitrogen and oxygen atoms in total. The van der Waals surface area contributed by atoms with Gasteiger partial charge in [0.15, 0.2) is 5.01 Å². The molecule has 0 aliphatic heterocycles. The van der Waals surface area contributed by atoms with E-state index in [1.54, 1.807) is 12.1 Å². The van der Waals surface area contributed by atoms with Crippen molar-refractivity contribution in [3.8, 4) is 10.6 Å². The van der Waals surface area contributed by atoms with E-state index in [1.807, 2.05) is 0 Å². The first-order valence-electron chi connectivity index (χ1n) is 7.02. The van der Waals surface area contributed by atoms with Crippen LogP contribution in [0.2, 0.25) is 10.0 Å². The van der Waals surface area contributed by atoms with Crippen LogP contribution in [0.15, 0.2) is 42.5 Å². The number of carbonyl (C=O) groups is 1. The van der Waals surface area contributed by atoms with Crippen LogP contribution in [0.1, 0.15) is 15.9 Å². The molecule has 1 N–H and O–H groups in total. The number of alkyl halides is 3. The summed E-state index contributed by atoms with van der Waals surface area (Å²) in [6.45, 7) is 0. The van der Waals surface area contributed by atoms with Crippen LogP contribution < -0.4 is 5.32 Å². The molecule has 134 valence electrons. The molecule has 0 saturated heterocycles. The van der Waals surface area contributed by atoms with Crippen molar-refractivity contribution in [3.05, 3.63) is 63.6 Å². The molecular weight excluding hydrogens is 410 g/mol. The lowest BCUT2D eigenvalue weighted by Crippen LogP contribution is -2.18. The fourth-order valence-corrected chi connectivity index (χ4v) is 3.47. The number of nitrogens with zero attached hydrogens (tertiary/aromatic N) is 2. The Morgan fingerprint density at radius 1 is 1.08 bits per heavy atom. The van der Waals surface area contributed by atoms with Gasteiger partial charge in [0.1, 0.15) is 0 Å². The summed E-state index contributed by atoms with van der Waals surface area (Å²) in [6.07, 6.45) is -4.64. The van der Waals surface area contributed by atoms with Crippen molar-refractivity contribution in [2.45, 2.75) is 6.18 Å². The molecule has 0 aliphatic carbocycles. The number of nitrogens with one attached hydrogen (secondary N) is 1. The van der Waals surface area contributed by atoms with E-state index < -0.39 is 23.2 Å². The van der Waals surface area contributed by atoms with Crippen molar-refractivity contribution in [2.75, 3.05) is 5.32 Å². The number of rotatable bonds is 3. The number of hydrogen-bond donors (Lipinski definition) is 1. The van der Waals surface area contributed by atoms with Crippen LogP contribution in [-0.2, 0) is 6.18 Å². The van der Waals surface area contributed by atoms with Crippen LogP contribution >= 0.6 is 34.5 Å². The normalized spacial score (nSPS) is 11.4. The van der Waals surface area contributed by atoms with Crippen molar-refractivity contribution < 1.29 is 18.0 Å². The molecule has 0 fully saturated rings. The molecule has 2 aromatic carbocycles. The maximum atomic E-state index is 13.0. The molecule has 0 atom stereocenters. The van der Waals surface area contributed by atoms with E-state index in [0.717, 1.165) is 23.5 Å². The number of aromatic nitrogens is 2. The Bertz CT molecular complexity index is 975. The monoisotopic (exact) mass is 417 g/mol. The van der Waals surface area contributed by atoms with Crippen LogP contribution in [0.25, 0.3) is 10.6 Å². The number of hydrogen-bond acceptors (Lipinski definition) is 4. The highest BCUT2D eigenvalue weighted by Crippen LogP contribution is 2.35. The largest absolute Gasteiger partial charge is 0.417 e. The van der Waals surface area contributed by atoms with Crippen LogP contribution in [0, 0.1) is 0 Å². The summed E-state index contributed by atoms with van der Waals surface area (Å²) >= 11 is 12.9. The summed E-state index contributed by atoms with van der Waals surface area (Å²) in [5, 5.41) is 11.2. The molecular formula is C16H8Cl2F3N3OS. The summed E-state index contributed by atoms with van der Waals surface area (Å²) in [4.78, 5) is 12.2. The van der Waals surface area contributed by atoms with Crippen LogP contribution in [0.3, 0.4) is 0 Å². The Morgan fingerprint density at radius 3 is 2.50 bits per heavy atom. The average molecular weight is 418 g/mol. The highest BCUT2D eigenvalue weighted by Gasteiger charge is 2.35. The predicted octanol–water partition coefficient (Wildman–Crippen LogP) is 5.78. The fourth-order valence-electron chi connectivity index (χ4n) is 2.14. The zero-order chi connectivity index (χ0) is 18.9. The predicted molar refractivity (Wildman–Crippen MR) is 94.8 cm³/mol. The molecule has 0 radical (unpaired) electrons. The van der Waals surface area contributed by atoms with Gasteiger partial charge in [-0.05, 0) is 30.3 Å². The maximum absolute atomic E-state index is 13.0. The third-order valence-electron chi connectivity index (χ3n) is 3.28. The quantitative estimate of drug-likeness (QED) is 0.587. The minimum Gasteiger partial charge on any atom is -0.296 e. The molecule has 0 bridgehead atoms. The second-order valence-electron chi connectivity index (χ2n) is 5.03. The molecule has 3 aromatic rings. The smallest absolute Gasteiger partial charge is 0.296 e. The van der Waals surface area contributed by atoms with E-state index in [1.165, 1.54) is 18.2 Å². The summed E-state index contributed by atoms with van der Waals surface area (Å²) in [7, 11) is 0. The zero-order valence-corrected chi connectivity index (χ0v) is 15.0. The van der Waals surface area contributed by atoms with Gasteiger partial charge in [-0.1, -0.05) is 46.7 Å². The van der Waals surface area contributed by atoms with Gasteiger partial charge in [-0.3, -0.25) is 10.1 Å². The van der Waals surface area contributed by atoms with Gasteiger partial charge in [0.05, 0.1) is 16.1 Å². The van der Waals surface area contributed by atoms with E-state index in [9.17, 15) is 18.0 Å². The van der Waals surface area contributed by atoms with Crippen molar-refractivity contribution in [3.63, 3.8) is 0 Å². The first-order chi connectivity index (χ1) is 12.3. The van der Waals surface area contributed by atoms with Gasteiger partial charge < -0.3 is 0 Å². The highest BCUT2D eigenvalue weighted by atomic mass is 35.5. The van der Waals surface area contributed by atoms with Gasteiger partial charge in [0.2, 0.25) is 5.13 Å². The molecule has 0 unspecified atom stereocenters. The number of amides is 1. The molecule has 1 heterocycles. The fraction of sp³-hybridized carbons (Fsp3) is 0.0625. The molecule has 3 rings (SSSR count). The Morgan fingerprint density at radius 2 is 1.81 bits per heavy atom. The van der Waals surface area contributed by atoms with E-state index in [0.29, 0.717) is 20.6 Å². The second-order valence-corrected chi connectivity index (χ2v) is 6.86. The SMILES string of the molecule is O=C(Nc1nnc(-c2ccc(Cl)cc2Cl)s1)c1ccccc1C(F)(F)F. The van der Waals surface area contributed by atoms with E-state index in [2.05, 4.69) is 15.5 Å². The Labute approximate surface area is 159 Å². The molecule has 0 saturated carbocycles. The summed E-state index contributed by atoms with van der Waals surface area (Å²) in [5.41, 5.74) is -0.978. The lowest BCUT2D eigenvalue weighted by atomic mass is 10.1. The lowest BCUT2D eigenvalue weighted by molar-refractivity contribution is -0.137. The van der Waals surface area contributed by atoms with Crippen LogP contribution in [0.5, 0.6) is 0 Å². The number of anilines is 1. The molecule has 26 heavy (non-hydrogen) atoms. The summed E-state index contributed by atoms with van der Waals surface area (Å²) in [6, 6.07) is 9.27. The average Bonchev–Trinajstić information content (AvgIpc) is 3.02. The number of halogens is 5. The topological polar surface area (TPSA) is 54.9 Å². The molecule has 0 aliphatic rings. The first kappa shape index (κ1) is 18.6. The van der Waals surface area contributed by atoms with Crippen molar-refractivity contribution in [1.29, 1.82) is 0 Å². The summed E-state index contributed by atoms with van der Waals surface area (Å²) < 4.78 is 39.1. The third-order valence-corrected chi connectivity index (χ3v) is 4.70. The van der Waals surface area contributed by atoms with Crippen LogP contribution in [-0.4, -0.2) is 16.1 Å². The molecule has 0 spiro atoms. The van der Waals surface area contributed by atoms with Gasteiger partial charge in [0, 0.05) is 10.6 Å². The van der Waals surface area contributed by atoms with Gasteiger partial charge in [-0.2, -0.15) is 13.2 Å². The van der Waals surface area contributed by atoms with E-state index in [4.69, 9.17) is 23.2 Å². The maximum Gasteiger partial charge on any atom is 0.417 e. The standard InChI is InChI=1S/C16H8Cl2F3N3OS/c17-8-5-6-10(12(18)7-8)14-23-24-15(26-14)22-13(25)9-3-1-2-4-11(9)16(19,20)21/h1-7H,(H,22,24,25). The van der Waals surface area contributed by atoms with Gasteiger partial charge >= 0.3 is 6.18 Å². The highest BCUT2D eigenvalue weighted by molar-refractivity contribution is 7.18. The Hall–Kier alpha value is -2.16. The first-order valence-corrected chi connectivity index (χ1v) is 8.59. The number of benzene rings is 2. The minimum absolute atomic E-state index is 0.0491. The molecule has 1 aromatic heterocycles. The Balaban J connectivity index is 1.85. The molecule has 10 heteroatoms. The van der Waals surface area contributed by atoms with Gasteiger partial charge in [-0.25, -0.2) is 0 Å². The van der Waals surface area contributed by atoms with Crippen molar-refractivity contribution in [2.24, 2.45) is 0 Å². The van der Waals surface area contributed by atoms with E-state index >= 15 is 0 Å². The van der Waals surface area contributed by atoms with Crippen molar-refractivity contribution >= 4 is 45.6 Å². The number of carbonyl (C=O) groups excluding carboxylic acids is 1.